The van der Waals surface area contributed by atoms with Gasteiger partial charge < -0.3 is 5.32 Å². The standard InChI is InChI=1S/C28H28N2O3/c1-19(24(31)20-15-17-21(18-16-20)27(2,3)4)30-25(32)28(29-26(30)33,22-11-7-5-8-12-22)23-13-9-6-10-14-23/h5-19H,1-4H3,(H,29,33)/t19-/m0/s1. The zero-order chi connectivity index (χ0) is 23.8. The molecule has 3 aromatic rings. The number of hydrogen-bond donors (Lipinski definition) is 1. The van der Waals surface area contributed by atoms with Gasteiger partial charge in [-0.05, 0) is 29.0 Å². The van der Waals surface area contributed by atoms with E-state index in [4.69, 9.17) is 0 Å². The lowest BCUT2D eigenvalue weighted by Crippen LogP contribution is -2.47. The summed E-state index contributed by atoms with van der Waals surface area (Å²) >= 11 is 0. The summed E-state index contributed by atoms with van der Waals surface area (Å²) in [7, 11) is 0. The summed E-state index contributed by atoms with van der Waals surface area (Å²) < 4.78 is 0. The van der Waals surface area contributed by atoms with Gasteiger partial charge in [0.2, 0.25) is 0 Å². The smallest absolute Gasteiger partial charge is 0.315 e. The van der Waals surface area contributed by atoms with Gasteiger partial charge in [0.1, 0.15) is 6.04 Å². The zero-order valence-electron chi connectivity index (χ0n) is 19.3. The van der Waals surface area contributed by atoms with Crippen molar-refractivity contribution >= 4 is 17.7 Å². The van der Waals surface area contributed by atoms with Crippen molar-refractivity contribution in [3.05, 3.63) is 107 Å². The van der Waals surface area contributed by atoms with Crippen LogP contribution in [-0.2, 0) is 15.7 Å². The van der Waals surface area contributed by atoms with Crippen LogP contribution in [0.15, 0.2) is 84.9 Å². The van der Waals surface area contributed by atoms with Gasteiger partial charge in [0.25, 0.3) is 5.91 Å². The minimum atomic E-state index is -1.38. The molecule has 1 heterocycles. The first-order chi connectivity index (χ1) is 15.7. The van der Waals surface area contributed by atoms with Gasteiger partial charge in [-0.2, -0.15) is 0 Å². The van der Waals surface area contributed by atoms with Gasteiger partial charge in [0, 0.05) is 5.56 Å². The molecule has 0 saturated carbocycles. The average molecular weight is 441 g/mol. The molecular weight excluding hydrogens is 412 g/mol. The summed E-state index contributed by atoms with van der Waals surface area (Å²) in [5.41, 5.74) is 1.44. The van der Waals surface area contributed by atoms with Crippen molar-refractivity contribution < 1.29 is 14.4 Å². The van der Waals surface area contributed by atoms with E-state index >= 15 is 0 Å². The van der Waals surface area contributed by atoms with E-state index in [1.807, 2.05) is 72.8 Å². The highest BCUT2D eigenvalue weighted by Crippen LogP contribution is 2.37. The Labute approximate surface area is 194 Å². The minimum absolute atomic E-state index is 0.0387. The molecule has 4 rings (SSSR count). The number of amides is 3. The Morgan fingerprint density at radius 2 is 1.30 bits per heavy atom. The Hall–Kier alpha value is -3.73. The van der Waals surface area contributed by atoms with Crippen molar-refractivity contribution in [3.63, 3.8) is 0 Å². The predicted molar refractivity (Wildman–Crippen MR) is 128 cm³/mol. The first kappa shape index (κ1) is 22.5. The lowest BCUT2D eigenvalue weighted by molar-refractivity contribution is -0.131. The molecule has 0 spiro atoms. The van der Waals surface area contributed by atoms with E-state index in [1.54, 1.807) is 19.1 Å². The molecule has 0 radical (unpaired) electrons. The number of benzene rings is 3. The van der Waals surface area contributed by atoms with Crippen LogP contribution in [0.2, 0.25) is 0 Å². The molecule has 0 unspecified atom stereocenters. The molecule has 5 heteroatoms. The van der Waals surface area contributed by atoms with E-state index in [9.17, 15) is 14.4 Å². The molecule has 1 N–H and O–H groups in total. The molecule has 1 atom stereocenters. The van der Waals surface area contributed by atoms with Crippen molar-refractivity contribution in [3.8, 4) is 0 Å². The largest absolute Gasteiger partial charge is 0.326 e. The Kier molecular flexibility index (Phi) is 5.66. The van der Waals surface area contributed by atoms with Gasteiger partial charge in [-0.1, -0.05) is 106 Å². The summed E-state index contributed by atoms with van der Waals surface area (Å²) in [5.74, 6) is -0.743. The highest BCUT2D eigenvalue weighted by molar-refractivity contribution is 6.14. The van der Waals surface area contributed by atoms with Gasteiger partial charge in [0.15, 0.2) is 11.3 Å². The van der Waals surface area contributed by atoms with E-state index < -0.39 is 23.5 Å². The van der Waals surface area contributed by atoms with Crippen LogP contribution in [0.3, 0.4) is 0 Å². The van der Waals surface area contributed by atoms with Gasteiger partial charge >= 0.3 is 6.03 Å². The second-order valence-corrected chi connectivity index (χ2v) is 9.45. The van der Waals surface area contributed by atoms with Gasteiger partial charge in [-0.25, -0.2) is 4.79 Å². The summed E-state index contributed by atoms with van der Waals surface area (Å²) in [6.07, 6.45) is 0. The van der Waals surface area contributed by atoms with Crippen LogP contribution in [0.5, 0.6) is 0 Å². The van der Waals surface area contributed by atoms with Crippen LogP contribution >= 0.6 is 0 Å². The summed E-state index contributed by atoms with van der Waals surface area (Å²) in [6.45, 7) is 7.91. The number of carbonyl (C=O) groups excluding carboxylic acids is 3. The quantitative estimate of drug-likeness (QED) is 0.446. The van der Waals surface area contributed by atoms with Crippen molar-refractivity contribution in [1.82, 2.24) is 10.2 Å². The van der Waals surface area contributed by atoms with E-state index in [2.05, 4.69) is 26.1 Å². The fraction of sp³-hybridized carbons (Fsp3) is 0.250. The van der Waals surface area contributed by atoms with Gasteiger partial charge in [-0.15, -0.1) is 0 Å². The minimum Gasteiger partial charge on any atom is -0.315 e. The van der Waals surface area contributed by atoms with Gasteiger partial charge in [-0.3, -0.25) is 14.5 Å². The lowest BCUT2D eigenvalue weighted by Gasteiger charge is -2.29. The first-order valence-electron chi connectivity index (χ1n) is 11.1. The number of nitrogens with one attached hydrogen (secondary N) is 1. The highest BCUT2D eigenvalue weighted by Gasteiger charge is 2.55. The molecule has 0 aromatic heterocycles. The van der Waals surface area contributed by atoms with Crippen LogP contribution in [0, 0.1) is 0 Å². The van der Waals surface area contributed by atoms with Crippen molar-refractivity contribution in [2.75, 3.05) is 0 Å². The van der Waals surface area contributed by atoms with E-state index in [1.165, 1.54) is 0 Å². The van der Waals surface area contributed by atoms with Gasteiger partial charge in [0.05, 0.1) is 0 Å². The third kappa shape index (κ3) is 3.84. The number of ketones is 1. The fourth-order valence-corrected chi connectivity index (χ4v) is 4.33. The Morgan fingerprint density at radius 1 is 0.818 bits per heavy atom. The molecule has 3 aromatic carbocycles. The number of urea groups is 1. The van der Waals surface area contributed by atoms with E-state index in [0.29, 0.717) is 16.7 Å². The van der Waals surface area contributed by atoms with E-state index in [-0.39, 0.29) is 11.2 Å². The number of rotatable bonds is 5. The topological polar surface area (TPSA) is 66.5 Å². The predicted octanol–water partition coefficient (Wildman–Crippen LogP) is 5.05. The maximum absolute atomic E-state index is 13.9. The second-order valence-electron chi connectivity index (χ2n) is 9.45. The third-order valence-corrected chi connectivity index (χ3v) is 6.27. The third-order valence-electron chi connectivity index (χ3n) is 6.27. The normalized spacial score (nSPS) is 16.4. The maximum atomic E-state index is 13.9. The molecule has 1 saturated heterocycles. The first-order valence-corrected chi connectivity index (χ1v) is 11.1. The molecule has 5 nitrogen and oxygen atoms in total. The molecule has 168 valence electrons. The van der Waals surface area contributed by atoms with Crippen LogP contribution < -0.4 is 5.32 Å². The average Bonchev–Trinajstić information content (AvgIpc) is 3.09. The van der Waals surface area contributed by atoms with Crippen molar-refractivity contribution in [2.24, 2.45) is 0 Å². The lowest BCUT2D eigenvalue weighted by atomic mass is 9.82. The monoisotopic (exact) mass is 440 g/mol. The zero-order valence-corrected chi connectivity index (χ0v) is 19.3. The fourth-order valence-electron chi connectivity index (χ4n) is 4.33. The molecule has 0 bridgehead atoms. The molecule has 3 amide bonds. The van der Waals surface area contributed by atoms with Crippen LogP contribution in [-0.4, -0.2) is 28.7 Å². The van der Waals surface area contributed by atoms with Crippen LogP contribution in [0.4, 0.5) is 4.79 Å². The summed E-state index contributed by atoms with van der Waals surface area (Å²) in [5, 5.41) is 2.90. The molecule has 0 aliphatic carbocycles. The number of nitrogens with zero attached hydrogens (tertiary/aromatic N) is 1. The van der Waals surface area contributed by atoms with E-state index in [0.717, 1.165) is 10.5 Å². The van der Waals surface area contributed by atoms with Crippen LogP contribution in [0.25, 0.3) is 0 Å². The number of Topliss-reactive ketones (excluding diaryl/α,β-unsaturated/α-hetero) is 1. The van der Waals surface area contributed by atoms with Crippen molar-refractivity contribution in [2.45, 2.75) is 44.7 Å². The Bertz CT molecular complexity index is 1140. The number of carbonyl (C=O) groups is 3. The maximum Gasteiger partial charge on any atom is 0.326 e. The second kappa shape index (κ2) is 8.32. The Morgan fingerprint density at radius 3 is 1.76 bits per heavy atom. The summed E-state index contributed by atoms with van der Waals surface area (Å²) in [6, 6.07) is 24.1. The van der Waals surface area contributed by atoms with Crippen molar-refractivity contribution in [1.29, 1.82) is 0 Å². The SMILES string of the molecule is C[C@@H](C(=O)c1ccc(C(C)(C)C)cc1)N1C(=O)NC(c2ccccc2)(c2ccccc2)C1=O. The van der Waals surface area contributed by atoms with Crippen LogP contribution in [0.1, 0.15) is 54.7 Å². The highest BCUT2D eigenvalue weighted by atomic mass is 16.2. The molecule has 1 aliphatic heterocycles. The summed E-state index contributed by atoms with van der Waals surface area (Å²) in [4.78, 5) is 41.4. The number of hydrogen-bond acceptors (Lipinski definition) is 3. The molecular formula is C28H28N2O3. The Balaban J connectivity index is 1.71. The molecule has 1 aliphatic rings. The molecule has 1 fully saturated rings. The number of imide groups is 1. The molecule has 33 heavy (non-hydrogen) atoms.